The van der Waals surface area contributed by atoms with Gasteiger partial charge < -0.3 is 24.3 Å². The highest BCUT2D eigenvalue weighted by atomic mass is 16.5. The fourth-order valence-electron chi connectivity index (χ4n) is 2.76. The van der Waals surface area contributed by atoms with Gasteiger partial charge in [-0.3, -0.25) is 14.4 Å². The molecule has 3 amide bonds. The molecule has 1 unspecified atom stereocenters. The van der Waals surface area contributed by atoms with Crippen molar-refractivity contribution in [3.8, 4) is 0 Å². The van der Waals surface area contributed by atoms with Gasteiger partial charge in [-0.15, -0.1) is 0 Å². The zero-order valence-corrected chi connectivity index (χ0v) is 18.1. The summed E-state index contributed by atoms with van der Waals surface area (Å²) >= 11 is 0. The highest BCUT2D eigenvalue weighted by Crippen LogP contribution is 2.09. The SMILES string of the molecule is C=C(C)C(=O)OC(CN(C)CCN(C)C(=O)C(=C)C)CN1CCN(C)C(=O)C1=O. The Bertz CT molecular complexity index is 690. The molecule has 0 aliphatic carbocycles. The van der Waals surface area contributed by atoms with Crippen LogP contribution in [0.1, 0.15) is 13.8 Å². The van der Waals surface area contributed by atoms with Crippen LogP contribution in [0.3, 0.4) is 0 Å². The maximum atomic E-state index is 12.2. The van der Waals surface area contributed by atoms with E-state index in [1.54, 1.807) is 32.8 Å². The molecule has 1 saturated heterocycles. The van der Waals surface area contributed by atoms with Gasteiger partial charge in [-0.25, -0.2) is 4.79 Å². The molecule has 1 atom stereocenters. The fourth-order valence-corrected chi connectivity index (χ4v) is 2.76. The monoisotopic (exact) mass is 408 g/mol. The smallest absolute Gasteiger partial charge is 0.333 e. The summed E-state index contributed by atoms with van der Waals surface area (Å²) in [6, 6.07) is 0. The largest absolute Gasteiger partial charge is 0.456 e. The van der Waals surface area contributed by atoms with Crippen LogP contribution in [-0.4, -0.2) is 110 Å². The molecule has 9 nitrogen and oxygen atoms in total. The molecule has 0 aromatic rings. The second-order valence-corrected chi connectivity index (χ2v) is 7.55. The van der Waals surface area contributed by atoms with Crippen molar-refractivity contribution >= 4 is 23.7 Å². The average molecular weight is 408 g/mol. The normalized spacial score (nSPS) is 15.4. The molecule has 1 fully saturated rings. The van der Waals surface area contributed by atoms with E-state index in [1.807, 2.05) is 11.9 Å². The van der Waals surface area contributed by atoms with Crippen molar-refractivity contribution in [2.75, 3.05) is 60.4 Å². The van der Waals surface area contributed by atoms with Gasteiger partial charge in [-0.05, 0) is 20.9 Å². The lowest BCUT2D eigenvalue weighted by atomic mass is 10.2. The van der Waals surface area contributed by atoms with E-state index in [4.69, 9.17) is 4.74 Å². The van der Waals surface area contributed by atoms with Gasteiger partial charge in [0.05, 0.1) is 6.54 Å². The number of piperazine rings is 1. The number of hydrogen-bond donors (Lipinski definition) is 0. The van der Waals surface area contributed by atoms with Crippen LogP contribution in [0.15, 0.2) is 24.3 Å². The Morgan fingerprint density at radius 2 is 1.69 bits per heavy atom. The third kappa shape index (κ3) is 7.34. The Morgan fingerprint density at radius 1 is 1.07 bits per heavy atom. The molecule has 0 bridgehead atoms. The molecule has 0 radical (unpaired) electrons. The minimum absolute atomic E-state index is 0.113. The van der Waals surface area contributed by atoms with Crippen molar-refractivity contribution in [1.29, 1.82) is 0 Å². The first-order valence-electron chi connectivity index (χ1n) is 9.44. The van der Waals surface area contributed by atoms with Crippen molar-refractivity contribution in [2.45, 2.75) is 20.0 Å². The minimum atomic E-state index is -0.633. The predicted molar refractivity (Wildman–Crippen MR) is 109 cm³/mol. The van der Waals surface area contributed by atoms with Gasteiger partial charge in [0, 0.05) is 58.0 Å². The summed E-state index contributed by atoms with van der Waals surface area (Å²) in [4.78, 5) is 54.3. The number of likely N-dealkylation sites (N-methyl/N-ethyl adjacent to an activating group) is 3. The Hall–Kier alpha value is -2.68. The van der Waals surface area contributed by atoms with E-state index < -0.39 is 23.9 Å². The number of ether oxygens (including phenoxy) is 1. The second-order valence-electron chi connectivity index (χ2n) is 7.55. The van der Waals surface area contributed by atoms with Crippen LogP contribution in [0.5, 0.6) is 0 Å². The van der Waals surface area contributed by atoms with Crippen molar-refractivity contribution in [3.63, 3.8) is 0 Å². The van der Waals surface area contributed by atoms with Gasteiger partial charge in [0.25, 0.3) is 0 Å². The van der Waals surface area contributed by atoms with Crippen LogP contribution in [0.25, 0.3) is 0 Å². The first-order valence-corrected chi connectivity index (χ1v) is 9.44. The summed E-state index contributed by atoms with van der Waals surface area (Å²) in [6.45, 7) is 12.7. The molecule has 29 heavy (non-hydrogen) atoms. The van der Waals surface area contributed by atoms with Gasteiger partial charge >= 0.3 is 17.8 Å². The van der Waals surface area contributed by atoms with E-state index in [0.717, 1.165) is 0 Å². The summed E-state index contributed by atoms with van der Waals surface area (Å²) in [6.07, 6.45) is -0.633. The molecule has 1 aliphatic heterocycles. The quantitative estimate of drug-likeness (QED) is 0.281. The number of esters is 1. The minimum Gasteiger partial charge on any atom is -0.456 e. The van der Waals surface area contributed by atoms with Crippen molar-refractivity contribution in [2.24, 2.45) is 0 Å². The number of amides is 3. The molecule has 0 aromatic heterocycles. The van der Waals surface area contributed by atoms with Crippen LogP contribution in [0.4, 0.5) is 0 Å². The maximum Gasteiger partial charge on any atom is 0.333 e. The number of carbonyl (C=O) groups is 4. The van der Waals surface area contributed by atoms with E-state index >= 15 is 0 Å². The molecule has 0 aromatic carbocycles. The molecular weight excluding hydrogens is 376 g/mol. The summed E-state index contributed by atoms with van der Waals surface area (Å²) in [7, 11) is 5.10. The van der Waals surface area contributed by atoms with Crippen LogP contribution in [-0.2, 0) is 23.9 Å². The molecule has 0 spiro atoms. The molecule has 9 heteroatoms. The van der Waals surface area contributed by atoms with Crippen LogP contribution >= 0.6 is 0 Å². The Kier molecular flexibility index (Phi) is 9.03. The Balaban J connectivity index is 2.74. The summed E-state index contributed by atoms with van der Waals surface area (Å²) in [5.74, 6) is -1.87. The number of rotatable bonds is 10. The topological polar surface area (TPSA) is 90.5 Å². The first kappa shape index (κ1) is 24.4. The average Bonchev–Trinajstić information content (AvgIpc) is 2.65. The number of carbonyl (C=O) groups excluding carboxylic acids is 4. The zero-order valence-electron chi connectivity index (χ0n) is 18.1. The molecule has 162 valence electrons. The van der Waals surface area contributed by atoms with Gasteiger partial charge in [-0.2, -0.15) is 0 Å². The van der Waals surface area contributed by atoms with E-state index in [0.29, 0.717) is 38.3 Å². The lowest BCUT2D eigenvalue weighted by Crippen LogP contribution is -2.55. The second kappa shape index (κ2) is 10.8. The number of hydrogen-bond acceptors (Lipinski definition) is 6. The van der Waals surface area contributed by atoms with Gasteiger partial charge in [0.1, 0.15) is 6.10 Å². The molecule has 0 saturated carbocycles. The molecule has 1 rings (SSSR count). The summed E-state index contributed by atoms with van der Waals surface area (Å²) in [5, 5.41) is 0. The van der Waals surface area contributed by atoms with E-state index in [1.165, 1.54) is 9.80 Å². The molecular formula is C20H32N4O5. The van der Waals surface area contributed by atoms with Gasteiger partial charge in [0.15, 0.2) is 0 Å². The Morgan fingerprint density at radius 3 is 2.24 bits per heavy atom. The summed E-state index contributed by atoms with van der Waals surface area (Å²) in [5.41, 5.74) is 0.715. The van der Waals surface area contributed by atoms with Gasteiger partial charge in [0.2, 0.25) is 5.91 Å². The lowest BCUT2D eigenvalue weighted by Gasteiger charge is -2.34. The van der Waals surface area contributed by atoms with Crippen molar-refractivity contribution in [1.82, 2.24) is 19.6 Å². The highest BCUT2D eigenvalue weighted by molar-refractivity contribution is 6.35. The Labute approximate surface area is 172 Å². The fraction of sp³-hybridized carbons (Fsp3) is 0.600. The van der Waals surface area contributed by atoms with Crippen LogP contribution in [0.2, 0.25) is 0 Å². The van der Waals surface area contributed by atoms with Crippen molar-refractivity contribution in [3.05, 3.63) is 24.3 Å². The molecule has 0 N–H and O–H groups in total. The predicted octanol–water partition coefficient (Wildman–Crippen LogP) is -0.259. The highest BCUT2D eigenvalue weighted by Gasteiger charge is 2.33. The van der Waals surface area contributed by atoms with E-state index in [9.17, 15) is 19.2 Å². The summed E-state index contributed by atoms with van der Waals surface area (Å²) < 4.78 is 5.49. The van der Waals surface area contributed by atoms with Crippen molar-refractivity contribution < 1.29 is 23.9 Å². The van der Waals surface area contributed by atoms with E-state index in [2.05, 4.69) is 13.2 Å². The number of nitrogens with zero attached hydrogens (tertiary/aromatic N) is 4. The molecule has 1 aliphatic rings. The van der Waals surface area contributed by atoms with Gasteiger partial charge in [-0.1, -0.05) is 13.2 Å². The standard InChI is InChI=1S/C20H32N4O5/c1-14(2)17(25)22(6)9-8-21(5)12-16(29-20(28)15(3)4)13-24-11-10-23(7)18(26)19(24)27/h16H,1,3,8-13H2,2,4-7H3. The lowest BCUT2D eigenvalue weighted by molar-refractivity contribution is -0.158. The maximum absolute atomic E-state index is 12.2. The third-order valence-corrected chi connectivity index (χ3v) is 4.61. The van der Waals surface area contributed by atoms with Crippen LogP contribution < -0.4 is 0 Å². The zero-order chi connectivity index (χ0) is 22.3. The molecule has 1 heterocycles. The first-order chi connectivity index (χ1) is 13.4. The van der Waals surface area contributed by atoms with Crippen LogP contribution in [0, 0.1) is 0 Å². The van der Waals surface area contributed by atoms with E-state index in [-0.39, 0.29) is 18.0 Å². The third-order valence-electron chi connectivity index (χ3n) is 4.61.